The molecule has 84 valence electrons. The number of unbranched alkanes of at least 4 members (excludes halogenated alkanes) is 3. The maximum Gasteiger partial charge on any atom is 0.273 e. The van der Waals surface area contributed by atoms with Gasteiger partial charge in [-0.15, -0.1) is 0 Å². The highest BCUT2D eigenvalue weighted by atomic mass is 127. The number of aromatic amines is 1. The van der Waals surface area contributed by atoms with E-state index < -0.39 is 0 Å². The first-order chi connectivity index (χ1) is 7.34. The molecule has 0 aromatic carbocycles. The summed E-state index contributed by atoms with van der Waals surface area (Å²) in [7, 11) is 0. The number of carbonyl (C=O) groups is 1. The van der Waals surface area contributed by atoms with Gasteiger partial charge >= 0.3 is 0 Å². The van der Waals surface area contributed by atoms with Crippen molar-refractivity contribution in [2.45, 2.75) is 25.7 Å². The Bertz CT molecular complexity index is 276. The molecule has 2 N–H and O–H groups in total. The minimum atomic E-state index is -0.155. The zero-order valence-corrected chi connectivity index (χ0v) is 10.7. The van der Waals surface area contributed by atoms with Crippen molar-refractivity contribution >= 4 is 28.5 Å². The Hall–Kier alpha value is -0.660. The molecule has 6 heteroatoms. The lowest BCUT2D eigenvalue weighted by molar-refractivity contribution is 0.0948. The predicted molar refractivity (Wildman–Crippen MR) is 66.1 cm³/mol. The summed E-state index contributed by atoms with van der Waals surface area (Å²) in [6, 6.07) is 0. The van der Waals surface area contributed by atoms with E-state index in [9.17, 15) is 4.79 Å². The van der Waals surface area contributed by atoms with Crippen LogP contribution >= 0.6 is 22.6 Å². The Kier molecular flexibility index (Phi) is 6.29. The van der Waals surface area contributed by atoms with Crippen molar-refractivity contribution in [1.82, 2.24) is 20.7 Å². The molecule has 0 unspecified atom stereocenters. The number of H-pyrrole nitrogens is 1. The van der Waals surface area contributed by atoms with E-state index in [-0.39, 0.29) is 5.91 Å². The predicted octanol–water partition coefficient (Wildman–Crippen LogP) is 1.53. The Balaban J connectivity index is 2.03. The van der Waals surface area contributed by atoms with Gasteiger partial charge in [0.15, 0.2) is 5.69 Å². The highest BCUT2D eigenvalue weighted by Gasteiger charge is 2.06. The van der Waals surface area contributed by atoms with Gasteiger partial charge in [-0.25, -0.2) is 0 Å². The van der Waals surface area contributed by atoms with Gasteiger partial charge in [0, 0.05) is 6.54 Å². The van der Waals surface area contributed by atoms with Gasteiger partial charge in [0.05, 0.1) is 6.20 Å². The van der Waals surface area contributed by atoms with Crippen LogP contribution in [0.25, 0.3) is 0 Å². The van der Waals surface area contributed by atoms with Crippen molar-refractivity contribution in [3.05, 3.63) is 11.9 Å². The summed E-state index contributed by atoms with van der Waals surface area (Å²) in [4.78, 5) is 11.4. The summed E-state index contributed by atoms with van der Waals surface area (Å²) < 4.78 is 1.21. The van der Waals surface area contributed by atoms with Gasteiger partial charge in [-0.2, -0.15) is 15.4 Å². The van der Waals surface area contributed by atoms with E-state index in [1.165, 1.54) is 29.9 Å². The second-order valence-corrected chi connectivity index (χ2v) is 4.29. The number of hydrogen-bond acceptors (Lipinski definition) is 3. The van der Waals surface area contributed by atoms with E-state index in [0.717, 1.165) is 6.42 Å². The number of rotatable bonds is 7. The minimum absolute atomic E-state index is 0.155. The Morgan fingerprint density at radius 3 is 2.87 bits per heavy atom. The molecule has 1 aromatic heterocycles. The van der Waals surface area contributed by atoms with E-state index in [1.54, 1.807) is 0 Å². The fraction of sp³-hybridized carbons (Fsp3) is 0.667. The number of nitrogens with zero attached hydrogens (tertiary/aromatic N) is 2. The highest BCUT2D eigenvalue weighted by molar-refractivity contribution is 14.1. The smallest absolute Gasteiger partial charge is 0.273 e. The zero-order chi connectivity index (χ0) is 10.9. The second-order valence-electron chi connectivity index (χ2n) is 3.21. The molecule has 0 atom stereocenters. The van der Waals surface area contributed by atoms with Gasteiger partial charge in [0.1, 0.15) is 0 Å². The number of carbonyl (C=O) groups excluding carboxylic acids is 1. The fourth-order valence-corrected chi connectivity index (χ4v) is 1.72. The number of nitrogens with one attached hydrogen (secondary N) is 2. The van der Waals surface area contributed by atoms with Gasteiger partial charge in [0.25, 0.3) is 5.91 Å². The van der Waals surface area contributed by atoms with Crippen LogP contribution in [0, 0.1) is 0 Å². The molecule has 0 spiro atoms. The molecule has 0 fully saturated rings. The molecule has 1 heterocycles. The molecule has 1 amide bonds. The number of amides is 1. The van der Waals surface area contributed by atoms with Crippen LogP contribution < -0.4 is 5.32 Å². The third-order valence-corrected chi connectivity index (χ3v) is 2.76. The Morgan fingerprint density at radius 1 is 1.40 bits per heavy atom. The minimum Gasteiger partial charge on any atom is -0.351 e. The first kappa shape index (κ1) is 12.4. The van der Waals surface area contributed by atoms with E-state index in [1.807, 2.05) is 0 Å². The van der Waals surface area contributed by atoms with Crippen LogP contribution in [0.5, 0.6) is 0 Å². The molecule has 1 rings (SSSR count). The third-order valence-electron chi connectivity index (χ3n) is 1.99. The van der Waals surface area contributed by atoms with Crippen molar-refractivity contribution in [2.75, 3.05) is 11.0 Å². The molecule has 5 nitrogen and oxygen atoms in total. The summed E-state index contributed by atoms with van der Waals surface area (Å²) >= 11 is 2.38. The van der Waals surface area contributed by atoms with E-state index in [2.05, 4.69) is 43.3 Å². The summed E-state index contributed by atoms with van der Waals surface area (Å²) in [5, 5.41) is 12.5. The number of alkyl halides is 1. The average Bonchev–Trinajstić information content (AvgIpc) is 2.76. The average molecular weight is 322 g/mol. The third kappa shape index (κ3) is 5.10. The Morgan fingerprint density at radius 2 is 2.20 bits per heavy atom. The molecule has 0 bridgehead atoms. The molecule has 0 aliphatic rings. The summed E-state index contributed by atoms with van der Waals surface area (Å²) in [6.45, 7) is 0.715. The quantitative estimate of drug-likeness (QED) is 0.454. The van der Waals surface area contributed by atoms with Crippen LogP contribution in [0.3, 0.4) is 0 Å². The molecule has 15 heavy (non-hydrogen) atoms. The number of aromatic nitrogens is 3. The van der Waals surface area contributed by atoms with Crippen molar-refractivity contribution in [3.63, 3.8) is 0 Å². The largest absolute Gasteiger partial charge is 0.351 e. The van der Waals surface area contributed by atoms with Crippen molar-refractivity contribution in [1.29, 1.82) is 0 Å². The molecule has 0 aliphatic heterocycles. The standard InChI is InChI=1S/C9H15IN4O/c10-5-3-1-2-4-6-11-9(15)8-7-12-14-13-8/h7H,1-6H2,(H,11,15)(H,12,13,14). The SMILES string of the molecule is O=C(NCCCCCCI)c1cn[nH]n1. The normalized spacial score (nSPS) is 10.2. The summed E-state index contributed by atoms with van der Waals surface area (Å²) in [5.41, 5.74) is 0.349. The Labute approximate surface area is 103 Å². The summed E-state index contributed by atoms with van der Waals surface area (Å²) in [5.74, 6) is -0.155. The lowest BCUT2D eigenvalue weighted by Gasteiger charge is -2.02. The van der Waals surface area contributed by atoms with E-state index in [0.29, 0.717) is 12.2 Å². The molecule has 0 aliphatic carbocycles. The van der Waals surface area contributed by atoms with Crippen LogP contribution in [0.1, 0.15) is 36.2 Å². The van der Waals surface area contributed by atoms with Crippen LogP contribution in [-0.2, 0) is 0 Å². The second kappa shape index (κ2) is 7.61. The molecule has 0 saturated carbocycles. The number of hydrogen-bond donors (Lipinski definition) is 2. The summed E-state index contributed by atoms with van der Waals surface area (Å²) in [6.07, 6.45) is 6.12. The topological polar surface area (TPSA) is 70.7 Å². The first-order valence-electron chi connectivity index (χ1n) is 5.04. The number of halogens is 1. The van der Waals surface area contributed by atoms with E-state index >= 15 is 0 Å². The van der Waals surface area contributed by atoms with Crippen molar-refractivity contribution in [2.24, 2.45) is 0 Å². The first-order valence-corrected chi connectivity index (χ1v) is 6.57. The molecule has 0 radical (unpaired) electrons. The van der Waals surface area contributed by atoms with Crippen LogP contribution in [0.2, 0.25) is 0 Å². The van der Waals surface area contributed by atoms with Gasteiger partial charge in [-0.1, -0.05) is 35.4 Å². The molecular weight excluding hydrogens is 307 g/mol. The molecule has 0 saturated heterocycles. The van der Waals surface area contributed by atoms with Gasteiger partial charge in [-0.05, 0) is 17.3 Å². The lowest BCUT2D eigenvalue weighted by atomic mass is 10.2. The van der Waals surface area contributed by atoms with Crippen LogP contribution in [0.4, 0.5) is 0 Å². The maximum absolute atomic E-state index is 11.4. The molecule has 1 aromatic rings. The maximum atomic E-state index is 11.4. The zero-order valence-electron chi connectivity index (χ0n) is 8.50. The van der Waals surface area contributed by atoms with Crippen LogP contribution in [-0.4, -0.2) is 32.3 Å². The van der Waals surface area contributed by atoms with Gasteiger partial charge in [0.2, 0.25) is 0 Å². The van der Waals surface area contributed by atoms with Gasteiger partial charge in [-0.3, -0.25) is 4.79 Å². The van der Waals surface area contributed by atoms with Crippen molar-refractivity contribution < 1.29 is 4.79 Å². The van der Waals surface area contributed by atoms with Crippen molar-refractivity contribution in [3.8, 4) is 0 Å². The fourth-order valence-electron chi connectivity index (χ4n) is 1.18. The van der Waals surface area contributed by atoms with E-state index in [4.69, 9.17) is 0 Å². The lowest BCUT2D eigenvalue weighted by Crippen LogP contribution is -2.24. The highest BCUT2D eigenvalue weighted by Crippen LogP contribution is 2.01. The molecular formula is C9H15IN4O. The van der Waals surface area contributed by atoms with Gasteiger partial charge < -0.3 is 5.32 Å². The monoisotopic (exact) mass is 322 g/mol. The van der Waals surface area contributed by atoms with Crippen LogP contribution in [0.15, 0.2) is 6.20 Å².